The van der Waals surface area contributed by atoms with Crippen LogP contribution in [0.5, 0.6) is 0 Å². The lowest BCUT2D eigenvalue weighted by atomic mass is 9.99. The zero-order valence-electron chi connectivity index (χ0n) is 12.4. The van der Waals surface area contributed by atoms with Gasteiger partial charge in [-0.1, -0.05) is 49.7 Å². The molecule has 0 bridgehead atoms. The summed E-state index contributed by atoms with van der Waals surface area (Å²) in [6.45, 7) is 4.32. The highest BCUT2D eigenvalue weighted by molar-refractivity contribution is 7.90. The van der Waals surface area contributed by atoms with Crippen molar-refractivity contribution in [2.24, 2.45) is 5.92 Å². The number of halogens is 1. The lowest BCUT2D eigenvalue weighted by Gasteiger charge is -2.10. The van der Waals surface area contributed by atoms with Crippen LogP contribution in [-0.2, 0) is 16.3 Å². The predicted octanol–water partition coefficient (Wildman–Crippen LogP) is 4.61. The summed E-state index contributed by atoms with van der Waals surface area (Å²) in [7, 11) is -3.16. The third kappa shape index (κ3) is 4.08. The lowest BCUT2D eigenvalue weighted by molar-refractivity contribution is 0.602. The van der Waals surface area contributed by atoms with Crippen LogP contribution < -0.4 is 0 Å². The van der Waals surface area contributed by atoms with E-state index in [2.05, 4.69) is 13.8 Å². The smallest absolute Gasteiger partial charge is 0.175 e. The van der Waals surface area contributed by atoms with Gasteiger partial charge < -0.3 is 0 Å². The Bertz CT molecular complexity index is 732. The zero-order chi connectivity index (χ0) is 15.6. The van der Waals surface area contributed by atoms with Gasteiger partial charge in [0.25, 0.3) is 0 Å². The van der Waals surface area contributed by atoms with Gasteiger partial charge in [-0.05, 0) is 47.2 Å². The SMILES string of the molecule is CC(C)Cc1ccc(-c2ccc(S(C)(=O)=O)cc2)cc1Cl. The first-order valence-corrected chi connectivity index (χ1v) is 9.13. The Balaban J connectivity index is 2.32. The van der Waals surface area contributed by atoms with Crippen molar-refractivity contribution in [2.75, 3.05) is 6.26 Å². The average Bonchev–Trinajstić information content (AvgIpc) is 2.40. The summed E-state index contributed by atoms with van der Waals surface area (Å²) in [6.07, 6.45) is 2.16. The molecule has 112 valence electrons. The summed E-state index contributed by atoms with van der Waals surface area (Å²) in [4.78, 5) is 0.328. The second-order valence-corrected chi connectivity index (χ2v) is 8.12. The van der Waals surface area contributed by atoms with Crippen molar-refractivity contribution >= 4 is 21.4 Å². The largest absolute Gasteiger partial charge is 0.224 e. The fraction of sp³-hybridized carbons (Fsp3) is 0.294. The maximum Gasteiger partial charge on any atom is 0.175 e. The van der Waals surface area contributed by atoms with Crippen molar-refractivity contribution in [1.82, 2.24) is 0 Å². The molecule has 0 saturated carbocycles. The molecule has 2 aromatic rings. The van der Waals surface area contributed by atoms with Gasteiger partial charge in [-0.15, -0.1) is 0 Å². The van der Waals surface area contributed by atoms with Crippen LogP contribution in [0.25, 0.3) is 11.1 Å². The molecule has 2 aromatic carbocycles. The van der Waals surface area contributed by atoms with Gasteiger partial charge in [0.05, 0.1) is 4.90 Å². The van der Waals surface area contributed by atoms with Crippen LogP contribution in [0.2, 0.25) is 5.02 Å². The fourth-order valence-corrected chi connectivity index (χ4v) is 3.11. The molecule has 0 aliphatic heterocycles. The van der Waals surface area contributed by atoms with Gasteiger partial charge in [-0.3, -0.25) is 0 Å². The van der Waals surface area contributed by atoms with E-state index < -0.39 is 9.84 Å². The fourth-order valence-electron chi connectivity index (χ4n) is 2.23. The standard InChI is InChI=1S/C17H19ClO2S/c1-12(2)10-15-5-4-14(11-17(15)18)13-6-8-16(9-7-13)21(3,19)20/h4-9,11-12H,10H2,1-3H3. The molecule has 2 nitrogen and oxygen atoms in total. The first-order valence-electron chi connectivity index (χ1n) is 6.86. The topological polar surface area (TPSA) is 34.1 Å². The van der Waals surface area contributed by atoms with E-state index in [0.29, 0.717) is 10.8 Å². The van der Waals surface area contributed by atoms with E-state index in [9.17, 15) is 8.42 Å². The van der Waals surface area contributed by atoms with Gasteiger partial charge in [0.2, 0.25) is 0 Å². The van der Waals surface area contributed by atoms with Crippen LogP contribution in [0.4, 0.5) is 0 Å². The van der Waals surface area contributed by atoms with Crippen molar-refractivity contribution in [3.8, 4) is 11.1 Å². The van der Waals surface area contributed by atoms with Crippen LogP contribution in [-0.4, -0.2) is 14.7 Å². The van der Waals surface area contributed by atoms with E-state index in [1.165, 1.54) is 6.26 Å². The Morgan fingerprint density at radius 3 is 2.05 bits per heavy atom. The van der Waals surface area contributed by atoms with Gasteiger partial charge in [0.1, 0.15) is 0 Å². The molecule has 4 heteroatoms. The Hall–Kier alpha value is -1.32. The summed E-state index contributed by atoms with van der Waals surface area (Å²) >= 11 is 6.33. The molecule has 0 fully saturated rings. The van der Waals surface area contributed by atoms with Gasteiger partial charge >= 0.3 is 0 Å². The summed E-state index contributed by atoms with van der Waals surface area (Å²) in [5.74, 6) is 0.558. The molecular weight excluding hydrogens is 304 g/mol. The number of rotatable bonds is 4. The number of benzene rings is 2. The van der Waals surface area contributed by atoms with Crippen molar-refractivity contribution in [3.63, 3.8) is 0 Å². The molecule has 0 aromatic heterocycles. The van der Waals surface area contributed by atoms with Crippen molar-refractivity contribution < 1.29 is 8.42 Å². The van der Waals surface area contributed by atoms with Crippen LogP contribution in [0, 0.1) is 5.92 Å². The van der Waals surface area contributed by atoms with Crippen molar-refractivity contribution in [3.05, 3.63) is 53.1 Å². The van der Waals surface area contributed by atoms with Crippen LogP contribution in [0.3, 0.4) is 0 Å². The van der Waals surface area contributed by atoms with Gasteiger partial charge in [-0.25, -0.2) is 8.42 Å². The minimum atomic E-state index is -3.16. The Morgan fingerprint density at radius 1 is 1.00 bits per heavy atom. The van der Waals surface area contributed by atoms with E-state index in [1.54, 1.807) is 12.1 Å². The highest BCUT2D eigenvalue weighted by Crippen LogP contribution is 2.27. The number of sulfone groups is 1. The molecule has 2 rings (SSSR count). The van der Waals surface area contributed by atoms with E-state index in [4.69, 9.17) is 11.6 Å². The van der Waals surface area contributed by atoms with Crippen LogP contribution >= 0.6 is 11.6 Å². The maximum absolute atomic E-state index is 11.5. The monoisotopic (exact) mass is 322 g/mol. The molecule has 0 N–H and O–H groups in total. The van der Waals surface area contributed by atoms with Gasteiger partial charge in [-0.2, -0.15) is 0 Å². The second-order valence-electron chi connectivity index (χ2n) is 5.70. The highest BCUT2D eigenvalue weighted by Gasteiger charge is 2.08. The van der Waals surface area contributed by atoms with Crippen LogP contribution in [0.1, 0.15) is 19.4 Å². The van der Waals surface area contributed by atoms with Crippen molar-refractivity contribution in [2.45, 2.75) is 25.2 Å². The highest BCUT2D eigenvalue weighted by atomic mass is 35.5. The second kappa shape index (κ2) is 6.20. The molecular formula is C17H19ClO2S. The van der Waals surface area contributed by atoms with Gasteiger partial charge in [0.15, 0.2) is 9.84 Å². The quantitative estimate of drug-likeness (QED) is 0.823. The lowest BCUT2D eigenvalue weighted by Crippen LogP contribution is -1.96. The minimum Gasteiger partial charge on any atom is -0.224 e. The van der Waals surface area contributed by atoms with Gasteiger partial charge in [0, 0.05) is 11.3 Å². The Kier molecular flexibility index (Phi) is 4.74. The third-order valence-electron chi connectivity index (χ3n) is 3.30. The molecule has 0 unspecified atom stereocenters. The first kappa shape index (κ1) is 16.1. The zero-order valence-corrected chi connectivity index (χ0v) is 14.0. The third-order valence-corrected chi connectivity index (χ3v) is 4.78. The molecule has 0 radical (unpaired) electrons. The summed E-state index contributed by atoms with van der Waals surface area (Å²) in [5.41, 5.74) is 3.09. The van der Waals surface area contributed by atoms with Crippen molar-refractivity contribution in [1.29, 1.82) is 0 Å². The maximum atomic E-state index is 11.5. The molecule has 0 atom stereocenters. The Morgan fingerprint density at radius 2 is 1.57 bits per heavy atom. The van der Waals surface area contributed by atoms with E-state index in [-0.39, 0.29) is 0 Å². The normalized spacial score (nSPS) is 11.9. The summed E-state index contributed by atoms with van der Waals surface area (Å²) in [6, 6.07) is 12.9. The number of hydrogen-bond acceptors (Lipinski definition) is 2. The summed E-state index contributed by atoms with van der Waals surface area (Å²) in [5, 5.41) is 0.758. The van der Waals surface area contributed by atoms with E-state index >= 15 is 0 Å². The molecule has 0 aliphatic rings. The predicted molar refractivity (Wildman–Crippen MR) is 88.5 cm³/mol. The molecule has 0 saturated heterocycles. The Labute approximate surface area is 131 Å². The number of hydrogen-bond donors (Lipinski definition) is 0. The van der Waals surface area contributed by atoms with Crippen LogP contribution in [0.15, 0.2) is 47.4 Å². The van der Waals surface area contributed by atoms with E-state index in [1.807, 2.05) is 30.3 Å². The minimum absolute atomic E-state index is 0.328. The first-order chi connectivity index (χ1) is 9.77. The van der Waals surface area contributed by atoms with E-state index in [0.717, 1.165) is 28.1 Å². The molecule has 0 spiro atoms. The molecule has 0 aliphatic carbocycles. The molecule has 21 heavy (non-hydrogen) atoms. The summed E-state index contributed by atoms with van der Waals surface area (Å²) < 4.78 is 22.9. The molecule has 0 amide bonds. The average molecular weight is 323 g/mol. The molecule has 0 heterocycles.